The molecule has 5 nitrogen and oxygen atoms in total. The third-order valence-electron chi connectivity index (χ3n) is 4.36. The summed E-state index contributed by atoms with van der Waals surface area (Å²) in [5, 5.41) is 9.08. The Morgan fingerprint density at radius 2 is 2.00 bits per heavy atom. The summed E-state index contributed by atoms with van der Waals surface area (Å²) in [6.45, 7) is 3.42. The summed E-state index contributed by atoms with van der Waals surface area (Å²) in [6.07, 6.45) is 0.482. The number of carbonyl (C=O) groups is 1. The van der Waals surface area contributed by atoms with Crippen LogP contribution in [-0.2, 0) is 17.8 Å². The number of nitrogens with one attached hydrogen (secondary N) is 1. The van der Waals surface area contributed by atoms with Gasteiger partial charge in [-0.15, -0.1) is 0 Å². The molecule has 2 aromatic rings. The zero-order chi connectivity index (χ0) is 19.4. The average molecular weight is 359 g/mol. The van der Waals surface area contributed by atoms with E-state index in [2.05, 4.69) is 4.98 Å². The maximum atomic E-state index is 13.7. The van der Waals surface area contributed by atoms with Gasteiger partial charge in [-0.1, -0.05) is 6.07 Å². The second-order valence-electron chi connectivity index (χ2n) is 6.16. The first kappa shape index (κ1) is 19.3. The first-order chi connectivity index (χ1) is 12.2. The van der Waals surface area contributed by atoms with Crippen LogP contribution in [0.15, 0.2) is 23.0 Å². The molecule has 1 aromatic carbocycles. The lowest BCUT2D eigenvalue weighted by molar-refractivity contribution is -0.130. The number of H-pyrrole nitrogens is 1. The summed E-state index contributed by atoms with van der Waals surface area (Å²) in [5.74, 6) is -1.59. The zero-order valence-corrected chi connectivity index (χ0v) is 14.8. The minimum atomic E-state index is -0.698. The summed E-state index contributed by atoms with van der Waals surface area (Å²) in [6, 6.07) is 5.11. The highest BCUT2D eigenvalue weighted by molar-refractivity contribution is 5.76. The highest BCUT2D eigenvalue weighted by Gasteiger charge is 2.16. The largest absolute Gasteiger partial charge is 0.341 e. The molecule has 0 bridgehead atoms. The lowest BCUT2D eigenvalue weighted by atomic mass is 9.99. The summed E-state index contributed by atoms with van der Waals surface area (Å²) in [5.41, 5.74) is 1.75. The van der Waals surface area contributed by atoms with Crippen LogP contribution in [0.4, 0.5) is 8.78 Å². The van der Waals surface area contributed by atoms with Crippen molar-refractivity contribution in [1.82, 2.24) is 9.88 Å². The predicted octanol–water partition coefficient (Wildman–Crippen LogP) is 2.73. The average Bonchev–Trinajstić information content (AvgIpc) is 2.56. The molecule has 1 aromatic heterocycles. The normalized spacial score (nSPS) is 10.5. The number of benzene rings is 1. The van der Waals surface area contributed by atoms with Gasteiger partial charge in [0.15, 0.2) is 0 Å². The SMILES string of the molecule is Cc1[nH]c(=O)c(C#N)c(C)c1CCC(=O)N(C)Cc1ccc(F)cc1F. The van der Waals surface area contributed by atoms with Crippen molar-refractivity contribution in [1.29, 1.82) is 5.26 Å². The molecule has 0 aliphatic carbocycles. The van der Waals surface area contributed by atoms with Crippen LogP contribution in [0.25, 0.3) is 0 Å². The molecule has 1 heterocycles. The predicted molar refractivity (Wildman–Crippen MR) is 92.4 cm³/mol. The number of aromatic nitrogens is 1. The van der Waals surface area contributed by atoms with Crippen molar-refractivity contribution in [2.24, 2.45) is 0 Å². The second kappa shape index (κ2) is 7.91. The van der Waals surface area contributed by atoms with E-state index in [1.165, 1.54) is 11.0 Å². The zero-order valence-electron chi connectivity index (χ0n) is 14.8. The first-order valence-electron chi connectivity index (χ1n) is 8.05. The number of rotatable bonds is 5. The number of aromatic amines is 1. The molecule has 0 radical (unpaired) electrons. The molecule has 1 amide bonds. The molecular weight excluding hydrogens is 340 g/mol. The van der Waals surface area contributed by atoms with Gasteiger partial charge in [-0.25, -0.2) is 8.78 Å². The minimum Gasteiger partial charge on any atom is -0.341 e. The Kier molecular flexibility index (Phi) is 5.88. The van der Waals surface area contributed by atoms with E-state index in [0.29, 0.717) is 17.7 Å². The van der Waals surface area contributed by atoms with Crippen LogP contribution < -0.4 is 5.56 Å². The van der Waals surface area contributed by atoms with Gasteiger partial charge in [0.25, 0.3) is 5.56 Å². The molecule has 0 saturated carbocycles. The topological polar surface area (TPSA) is 77.0 Å². The van der Waals surface area contributed by atoms with Crippen molar-refractivity contribution in [3.63, 3.8) is 0 Å². The molecule has 0 fully saturated rings. The number of pyridine rings is 1. The van der Waals surface area contributed by atoms with Gasteiger partial charge in [0.2, 0.25) is 5.91 Å². The molecule has 0 spiro atoms. The Morgan fingerprint density at radius 3 is 2.62 bits per heavy atom. The third-order valence-corrected chi connectivity index (χ3v) is 4.36. The Morgan fingerprint density at radius 1 is 1.31 bits per heavy atom. The Bertz CT molecular complexity index is 945. The van der Waals surface area contributed by atoms with Gasteiger partial charge in [0, 0.05) is 37.3 Å². The fourth-order valence-electron chi connectivity index (χ4n) is 2.84. The summed E-state index contributed by atoms with van der Waals surface area (Å²) < 4.78 is 26.7. The van der Waals surface area contributed by atoms with E-state index in [-0.39, 0.29) is 30.0 Å². The van der Waals surface area contributed by atoms with E-state index in [0.717, 1.165) is 17.7 Å². The van der Waals surface area contributed by atoms with Crippen LogP contribution in [0.3, 0.4) is 0 Å². The number of aryl methyl sites for hydroxylation is 1. The number of nitriles is 1. The number of hydrogen-bond acceptors (Lipinski definition) is 3. The standard InChI is InChI=1S/C19H19F2N3O2/c1-11-15(12(2)23-19(26)16(11)9-22)6-7-18(25)24(3)10-13-4-5-14(20)8-17(13)21/h4-5,8H,6-7,10H2,1-3H3,(H,23,26). The van der Waals surface area contributed by atoms with E-state index >= 15 is 0 Å². The van der Waals surface area contributed by atoms with Gasteiger partial charge in [-0.2, -0.15) is 5.26 Å². The van der Waals surface area contributed by atoms with Crippen LogP contribution in [0.2, 0.25) is 0 Å². The van der Waals surface area contributed by atoms with Gasteiger partial charge < -0.3 is 9.88 Å². The molecule has 0 unspecified atom stereocenters. The number of hydrogen-bond donors (Lipinski definition) is 1. The molecule has 7 heteroatoms. The van der Waals surface area contributed by atoms with E-state index < -0.39 is 17.2 Å². The lowest BCUT2D eigenvalue weighted by Crippen LogP contribution is -2.27. The fourth-order valence-corrected chi connectivity index (χ4v) is 2.84. The highest BCUT2D eigenvalue weighted by atomic mass is 19.1. The maximum Gasteiger partial charge on any atom is 0.266 e. The first-order valence-corrected chi connectivity index (χ1v) is 8.05. The van der Waals surface area contributed by atoms with Crippen LogP contribution in [0.5, 0.6) is 0 Å². The molecule has 0 aliphatic heterocycles. The van der Waals surface area contributed by atoms with Gasteiger partial charge in [0.05, 0.1) is 0 Å². The maximum absolute atomic E-state index is 13.7. The monoisotopic (exact) mass is 359 g/mol. The smallest absolute Gasteiger partial charge is 0.266 e. The number of nitrogens with zero attached hydrogens (tertiary/aromatic N) is 2. The van der Waals surface area contributed by atoms with Crippen molar-refractivity contribution >= 4 is 5.91 Å². The molecule has 1 N–H and O–H groups in total. The van der Waals surface area contributed by atoms with E-state index in [1.807, 2.05) is 6.07 Å². The summed E-state index contributed by atoms with van der Waals surface area (Å²) in [4.78, 5) is 28.0. The van der Waals surface area contributed by atoms with Crippen molar-refractivity contribution in [2.75, 3.05) is 7.05 Å². The van der Waals surface area contributed by atoms with Crippen molar-refractivity contribution in [3.8, 4) is 6.07 Å². The van der Waals surface area contributed by atoms with Crippen LogP contribution >= 0.6 is 0 Å². The molecule has 2 rings (SSSR count). The van der Waals surface area contributed by atoms with Gasteiger partial charge in [0.1, 0.15) is 23.3 Å². The molecule has 0 atom stereocenters. The number of halogens is 2. The minimum absolute atomic E-state index is 0.0258. The quantitative estimate of drug-likeness (QED) is 0.892. The third kappa shape index (κ3) is 4.14. The van der Waals surface area contributed by atoms with E-state index in [1.54, 1.807) is 20.9 Å². The van der Waals surface area contributed by atoms with Gasteiger partial charge in [-0.3, -0.25) is 9.59 Å². The Labute approximate surface area is 149 Å². The lowest BCUT2D eigenvalue weighted by Gasteiger charge is -2.18. The number of carbonyl (C=O) groups excluding carboxylic acids is 1. The molecule has 0 aliphatic rings. The van der Waals surface area contributed by atoms with Crippen LogP contribution in [0, 0.1) is 36.8 Å². The molecular formula is C19H19F2N3O2. The molecule has 136 valence electrons. The molecule has 0 saturated heterocycles. The fraction of sp³-hybridized carbons (Fsp3) is 0.316. The summed E-state index contributed by atoms with van der Waals surface area (Å²) >= 11 is 0. The van der Waals surface area contributed by atoms with Crippen molar-refractivity contribution in [2.45, 2.75) is 33.2 Å². The van der Waals surface area contributed by atoms with Gasteiger partial charge in [-0.05, 0) is 37.5 Å². The Balaban J connectivity index is 2.09. The van der Waals surface area contributed by atoms with Crippen molar-refractivity contribution < 1.29 is 13.6 Å². The molecule has 26 heavy (non-hydrogen) atoms. The Hall–Kier alpha value is -3.01. The van der Waals surface area contributed by atoms with E-state index in [4.69, 9.17) is 5.26 Å². The second-order valence-corrected chi connectivity index (χ2v) is 6.16. The van der Waals surface area contributed by atoms with Gasteiger partial charge >= 0.3 is 0 Å². The highest BCUT2D eigenvalue weighted by Crippen LogP contribution is 2.16. The van der Waals surface area contributed by atoms with Crippen LogP contribution in [-0.4, -0.2) is 22.8 Å². The van der Waals surface area contributed by atoms with Crippen molar-refractivity contribution in [3.05, 3.63) is 68.1 Å². The summed E-state index contributed by atoms with van der Waals surface area (Å²) in [7, 11) is 1.54. The number of amides is 1. The van der Waals surface area contributed by atoms with Crippen LogP contribution in [0.1, 0.15) is 34.4 Å². The van der Waals surface area contributed by atoms with E-state index in [9.17, 15) is 18.4 Å².